The highest BCUT2D eigenvalue weighted by Gasteiger charge is 2.70. The smallest absolute Gasteiger partial charge is 0.267 e. The van der Waals surface area contributed by atoms with Gasteiger partial charge in [0.25, 0.3) is 5.91 Å². The van der Waals surface area contributed by atoms with Gasteiger partial charge in [-0.25, -0.2) is 9.83 Å². The number of primary amides is 1. The van der Waals surface area contributed by atoms with E-state index in [9.17, 15) is 19.2 Å². The lowest BCUT2D eigenvalue weighted by molar-refractivity contribution is -0.164. The molecule has 0 saturated heterocycles. The second kappa shape index (κ2) is 10.4. The summed E-state index contributed by atoms with van der Waals surface area (Å²) in [5.41, 5.74) is 5.19. The van der Waals surface area contributed by atoms with Crippen molar-refractivity contribution in [2.24, 2.45) is 56.0 Å². The summed E-state index contributed by atoms with van der Waals surface area (Å²) < 4.78 is 1.60. The van der Waals surface area contributed by atoms with Gasteiger partial charge in [0.05, 0.1) is 17.7 Å². The van der Waals surface area contributed by atoms with Crippen molar-refractivity contribution < 1.29 is 19.2 Å². The van der Waals surface area contributed by atoms with Crippen LogP contribution in [0, 0.1) is 56.8 Å². The summed E-state index contributed by atoms with van der Waals surface area (Å²) >= 11 is 0. The third kappa shape index (κ3) is 4.41. The molecule has 49 heavy (non-hydrogen) atoms. The molecule has 2 aromatic heterocycles. The molecule has 5 aliphatic carbocycles. The van der Waals surface area contributed by atoms with Crippen LogP contribution in [0.15, 0.2) is 54.3 Å². The number of pyridine rings is 1. The lowest BCUT2D eigenvalue weighted by Crippen LogP contribution is -2.66. The van der Waals surface area contributed by atoms with Crippen molar-refractivity contribution in [1.29, 1.82) is 0 Å². The van der Waals surface area contributed by atoms with Gasteiger partial charge in [0, 0.05) is 34.7 Å². The second-order valence-corrected chi connectivity index (χ2v) is 17.7. The Labute approximate surface area is 288 Å². The maximum atomic E-state index is 14.9. The van der Waals surface area contributed by atoms with Crippen LogP contribution in [0.1, 0.15) is 109 Å². The number of Topliss-reactive ketones (excluding diaryl/α,β-unsaturated/α-hetero) is 1. The maximum Gasteiger partial charge on any atom is 0.267 e. The molecule has 2 N–H and O–H groups in total. The van der Waals surface area contributed by atoms with Gasteiger partial charge in [-0.1, -0.05) is 60.1 Å². The monoisotopic (exact) mass is 661 g/mol. The maximum absolute atomic E-state index is 14.9. The Morgan fingerprint density at radius 2 is 1.69 bits per heavy atom. The first kappa shape index (κ1) is 33.3. The van der Waals surface area contributed by atoms with Crippen LogP contribution in [0.5, 0.6) is 0 Å². The minimum Gasteiger partial charge on any atom is -0.364 e. The molecule has 9 nitrogen and oxygen atoms in total. The summed E-state index contributed by atoms with van der Waals surface area (Å²) in [5, 5.41) is 0. The van der Waals surface area contributed by atoms with Gasteiger partial charge >= 0.3 is 0 Å². The minimum atomic E-state index is -0.722. The number of ketones is 2. The van der Waals surface area contributed by atoms with Crippen LogP contribution < -0.4 is 5.73 Å². The number of carbonyl (C=O) groups excluding carboxylic acids is 4. The van der Waals surface area contributed by atoms with Gasteiger partial charge in [-0.3, -0.25) is 23.9 Å². The molecule has 1 amide bonds. The van der Waals surface area contributed by atoms with Crippen LogP contribution in [-0.4, -0.2) is 37.9 Å². The first-order chi connectivity index (χ1) is 22.8. The number of amides is 1. The average molecular weight is 662 g/mol. The number of carbonyl (C=O) groups is 4. The zero-order chi connectivity index (χ0) is 35.5. The molecule has 0 bridgehead atoms. The van der Waals surface area contributed by atoms with Crippen molar-refractivity contribution in [3.8, 4) is 11.3 Å². The van der Waals surface area contributed by atoms with Crippen LogP contribution in [0.25, 0.3) is 16.1 Å². The molecule has 3 saturated carbocycles. The average Bonchev–Trinajstić information content (AvgIpc) is 3.54. The largest absolute Gasteiger partial charge is 0.364 e. The molecule has 2 unspecified atom stereocenters. The summed E-state index contributed by atoms with van der Waals surface area (Å²) in [6.45, 7) is 23.0. The van der Waals surface area contributed by atoms with Crippen molar-refractivity contribution >= 4 is 23.4 Å². The molecule has 9 heteroatoms. The number of fused-ring (bicyclic) bond motifs is 7. The summed E-state index contributed by atoms with van der Waals surface area (Å²) in [5.74, 6) is -1.16. The highest BCUT2D eigenvalue weighted by Crippen LogP contribution is 2.74. The van der Waals surface area contributed by atoms with E-state index in [0.717, 1.165) is 37.7 Å². The Balaban J connectivity index is 1.31. The van der Waals surface area contributed by atoms with E-state index in [2.05, 4.69) is 49.4 Å². The molecule has 0 spiro atoms. The quantitative estimate of drug-likeness (QED) is 0.345. The Kier molecular flexibility index (Phi) is 7.08. The number of nitrogens with two attached hydrogens (primary N) is 1. The highest BCUT2D eigenvalue weighted by atomic mass is 16.2. The van der Waals surface area contributed by atoms with E-state index >= 15 is 0 Å². The Morgan fingerprint density at radius 3 is 2.35 bits per heavy atom. The number of aromatic nitrogens is 3. The number of allylic oxidation sites excluding steroid dienone is 4. The van der Waals surface area contributed by atoms with Crippen LogP contribution >= 0.6 is 0 Å². The summed E-state index contributed by atoms with van der Waals surface area (Å²) in [7, 11) is 0. The van der Waals surface area contributed by atoms with E-state index in [1.165, 1.54) is 6.20 Å². The van der Waals surface area contributed by atoms with Gasteiger partial charge in [-0.15, -0.1) is 0 Å². The predicted molar refractivity (Wildman–Crippen MR) is 184 cm³/mol. The fraction of sp³-hybridized carbons (Fsp3) is 0.575. The second-order valence-electron chi connectivity index (χ2n) is 17.7. The molecular formula is C40H47N5O4. The van der Waals surface area contributed by atoms with Crippen molar-refractivity contribution in [1.82, 2.24) is 14.5 Å². The fourth-order valence-electron chi connectivity index (χ4n) is 11.5. The van der Waals surface area contributed by atoms with Crippen LogP contribution in [-0.2, 0) is 9.59 Å². The number of hydrogen-bond donors (Lipinski definition) is 1. The molecule has 7 rings (SSSR count). The standard InChI is InChI=1S/C40H47N5O4/c1-35(2)13-15-40(34(49)45-21-27(44-22-45)23-9-10-25(33(41)48)43-20-23)16-14-39(7)31(24(40)18-35)28(46)17-30-37(5)19-26(42-8)32(47)36(3,4)29(37)11-12-38(30,39)6/h9-10,17,19-22,24,29,31H,11-16,18H2,1-7H3,(H2,41,48)/t24?,29?,31-,37-,38+,39+,40-/m0/s1. The Morgan fingerprint density at radius 1 is 0.980 bits per heavy atom. The van der Waals surface area contributed by atoms with Crippen molar-refractivity contribution in [3.05, 3.63) is 71.4 Å². The summed E-state index contributed by atoms with van der Waals surface area (Å²) in [6.07, 6.45) is 14.0. The predicted octanol–water partition coefficient (Wildman–Crippen LogP) is 7.26. The lowest BCUT2D eigenvalue weighted by Gasteiger charge is -2.69. The summed E-state index contributed by atoms with van der Waals surface area (Å²) in [6, 6.07) is 3.27. The van der Waals surface area contributed by atoms with E-state index in [1.54, 1.807) is 29.2 Å². The molecule has 0 radical (unpaired) electrons. The number of hydrogen-bond acceptors (Lipinski definition) is 6. The van der Waals surface area contributed by atoms with Crippen LogP contribution in [0.4, 0.5) is 0 Å². The number of imidazole rings is 1. The number of rotatable bonds is 3. The zero-order valence-corrected chi connectivity index (χ0v) is 29.7. The molecule has 5 aliphatic rings. The van der Waals surface area contributed by atoms with Crippen molar-refractivity contribution in [3.63, 3.8) is 0 Å². The first-order valence-corrected chi connectivity index (χ1v) is 17.6. The highest BCUT2D eigenvalue weighted by molar-refractivity contribution is 6.03. The molecule has 0 aromatic carbocycles. The van der Waals surface area contributed by atoms with E-state index in [4.69, 9.17) is 12.3 Å². The topological polar surface area (TPSA) is 129 Å². The third-order valence-corrected chi connectivity index (χ3v) is 14.4. The van der Waals surface area contributed by atoms with E-state index in [0.29, 0.717) is 24.1 Å². The van der Waals surface area contributed by atoms with Gasteiger partial charge in [-0.05, 0) is 91.2 Å². The van der Waals surface area contributed by atoms with Gasteiger partial charge in [-0.2, -0.15) is 0 Å². The number of nitrogens with zero attached hydrogens (tertiary/aromatic N) is 4. The fourth-order valence-corrected chi connectivity index (χ4v) is 11.5. The molecule has 2 heterocycles. The first-order valence-electron chi connectivity index (χ1n) is 17.6. The molecular weight excluding hydrogens is 614 g/mol. The zero-order valence-electron chi connectivity index (χ0n) is 29.7. The molecule has 2 aromatic rings. The van der Waals surface area contributed by atoms with E-state index in [1.807, 2.05) is 26.0 Å². The molecule has 0 aliphatic heterocycles. The van der Waals surface area contributed by atoms with E-state index < -0.39 is 27.6 Å². The molecule has 3 fully saturated rings. The normalized spacial score (nSPS) is 37.3. The SMILES string of the molecule is [C-]#[N+]C1=C[C@]2(C)C3=CC(=O)[C@@H]4C5CC(C)(C)CC[C@]5(C(=O)n5cnc(-c6ccc(C(N)=O)nc6)c5)CC[C@@]4(C)[C@]3(C)CCC2C(C)(C)C1=O. The van der Waals surface area contributed by atoms with Crippen LogP contribution in [0.2, 0.25) is 0 Å². The van der Waals surface area contributed by atoms with Crippen molar-refractivity contribution in [2.75, 3.05) is 0 Å². The Hall–Kier alpha value is -4.19. The van der Waals surface area contributed by atoms with Gasteiger partial charge in [0.1, 0.15) is 12.0 Å². The summed E-state index contributed by atoms with van der Waals surface area (Å²) in [4.78, 5) is 67.0. The van der Waals surface area contributed by atoms with E-state index in [-0.39, 0.29) is 57.4 Å². The Bertz CT molecular complexity index is 1930. The van der Waals surface area contributed by atoms with Crippen molar-refractivity contribution in [2.45, 2.75) is 93.4 Å². The minimum absolute atomic E-state index is 0.0132. The molecule has 7 atom stereocenters. The van der Waals surface area contributed by atoms with Gasteiger partial charge < -0.3 is 10.5 Å². The third-order valence-electron chi connectivity index (χ3n) is 14.4. The van der Waals surface area contributed by atoms with Gasteiger partial charge in [0.15, 0.2) is 11.6 Å². The molecule has 256 valence electrons. The van der Waals surface area contributed by atoms with Crippen LogP contribution in [0.3, 0.4) is 0 Å². The van der Waals surface area contributed by atoms with Gasteiger partial charge in [0.2, 0.25) is 11.6 Å². The lowest BCUT2D eigenvalue weighted by atomic mass is 9.34.